The van der Waals surface area contributed by atoms with E-state index in [1.165, 1.54) is 17.6 Å². The first-order chi connectivity index (χ1) is 14.8. The van der Waals surface area contributed by atoms with Crippen LogP contribution in [0.3, 0.4) is 0 Å². The van der Waals surface area contributed by atoms with Crippen molar-refractivity contribution in [2.24, 2.45) is 27.6 Å². The van der Waals surface area contributed by atoms with Gasteiger partial charge in [-0.05, 0) is 76.1 Å². The molecule has 1 atom stereocenters. The Balaban J connectivity index is -0.00000212. The quantitative estimate of drug-likeness (QED) is 0.314. The molecule has 0 rings (SSSR count). The number of hydrogen-bond acceptors (Lipinski definition) is 0. The first kappa shape index (κ1) is 36.8. The highest BCUT2D eigenvalue weighted by molar-refractivity contribution is 5.54. The Kier molecular flexibility index (Phi) is 16.3. The van der Waals surface area contributed by atoms with Gasteiger partial charge in [-0.2, -0.15) is 0 Å². The Hall–Kier alpha value is -0.780. The van der Waals surface area contributed by atoms with E-state index in [4.69, 9.17) is 6.58 Å². The molecule has 33 heavy (non-hydrogen) atoms. The molecule has 0 aromatic carbocycles. The average molecular weight is 463 g/mol. The van der Waals surface area contributed by atoms with Crippen molar-refractivity contribution in [1.82, 2.24) is 0 Å². The van der Waals surface area contributed by atoms with Gasteiger partial charge < -0.3 is 0 Å². The predicted octanol–water partition coefficient (Wildman–Crippen LogP) is 12.2. The smallest absolute Gasteiger partial charge is 0.0100 e. The Labute approximate surface area is 212 Å². The Morgan fingerprint density at radius 1 is 0.606 bits per heavy atom. The molecule has 0 heterocycles. The molecule has 0 aliphatic heterocycles. The molecule has 198 valence electrons. The van der Waals surface area contributed by atoms with E-state index in [1.807, 2.05) is 27.7 Å². The van der Waals surface area contributed by atoms with E-state index in [9.17, 15) is 0 Å². The summed E-state index contributed by atoms with van der Waals surface area (Å²) in [6.45, 7) is 48.4. The van der Waals surface area contributed by atoms with E-state index in [0.717, 1.165) is 12.8 Å². The van der Waals surface area contributed by atoms with Gasteiger partial charge in [0.05, 0.1) is 0 Å². The molecule has 0 bridgehead atoms. The summed E-state index contributed by atoms with van der Waals surface area (Å²) in [5.74, 6) is 0.584. The summed E-state index contributed by atoms with van der Waals surface area (Å²) in [6.07, 6.45) is 3.40. The fourth-order valence-electron chi connectivity index (χ4n) is 4.23. The zero-order valence-corrected chi connectivity index (χ0v) is 26.9. The highest BCUT2D eigenvalue weighted by atomic mass is 14.4. The molecular formula is C33H66. The first-order valence-electron chi connectivity index (χ1n) is 14.0. The third-order valence-electron chi connectivity index (χ3n) is 7.31. The van der Waals surface area contributed by atoms with E-state index in [0.29, 0.717) is 5.92 Å². The van der Waals surface area contributed by atoms with Crippen LogP contribution in [0.25, 0.3) is 0 Å². The Bertz CT molecular complexity index is 633. The minimum atomic E-state index is 0.0392. The number of allylic oxidation sites excluding steroid dienone is 5. The predicted molar refractivity (Wildman–Crippen MR) is 158 cm³/mol. The van der Waals surface area contributed by atoms with Crippen LogP contribution in [-0.2, 0) is 0 Å². The summed E-state index contributed by atoms with van der Waals surface area (Å²) in [6, 6.07) is 0. The molecule has 0 saturated carbocycles. The molecule has 0 amide bonds. The lowest BCUT2D eigenvalue weighted by Crippen LogP contribution is -2.31. The van der Waals surface area contributed by atoms with Crippen LogP contribution in [0.4, 0.5) is 0 Å². The Morgan fingerprint density at radius 3 is 1.18 bits per heavy atom. The number of hydrogen-bond donors (Lipinski definition) is 0. The van der Waals surface area contributed by atoms with Gasteiger partial charge in [0.2, 0.25) is 0 Å². The molecule has 0 radical (unpaired) electrons. The molecule has 0 heteroatoms. The Morgan fingerprint density at radius 2 is 0.939 bits per heavy atom. The summed E-state index contributed by atoms with van der Waals surface area (Å²) in [4.78, 5) is 0. The van der Waals surface area contributed by atoms with Crippen molar-refractivity contribution in [3.8, 4) is 0 Å². The average Bonchev–Trinajstić information content (AvgIpc) is 2.73. The summed E-state index contributed by atoms with van der Waals surface area (Å²) < 4.78 is 0. The minimum absolute atomic E-state index is 0.0392. The van der Waals surface area contributed by atoms with E-state index >= 15 is 0 Å². The molecule has 0 saturated heterocycles. The van der Waals surface area contributed by atoms with Crippen molar-refractivity contribution in [3.05, 3.63) is 34.4 Å². The summed E-state index contributed by atoms with van der Waals surface area (Å²) >= 11 is 0. The standard InChI is InChI=1S/C29H54.2C2H6/c1-17-20(4)21(5)23(26(7,8)9)25(29(15,16)19-3)24(27(10,11)12)22(6)28(13,14)18-2;2*1-2/h20H,6,17-19H2,1-5,7-16H3;2*1-2H3/b23-21+,25-24-;;. The van der Waals surface area contributed by atoms with Gasteiger partial charge in [0, 0.05) is 0 Å². The SMILES string of the molecule is C=C(/C(=C(\C(=C(\C)C(C)CC)C(C)(C)C)C(C)(C)CC)C(C)(C)C)C(C)(C)CC.CC.CC. The highest BCUT2D eigenvalue weighted by Crippen LogP contribution is 2.53. The minimum Gasteiger partial charge on any atom is -0.0950 e. The van der Waals surface area contributed by atoms with E-state index in [2.05, 4.69) is 104 Å². The lowest BCUT2D eigenvalue weighted by Gasteiger charge is -2.44. The van der Waals surface area contributed by atoms with Crippen molar-refractivity contribution < 1.29 is 0 Å². The largest absolute Gasteiger partial charge is 0.0950 e. The molecule has 0 aliphatic carbocycles. The van der Waals surface area contributed by atoms with Crippen molar-refractivity contribution in [3.63, 3.8) is 0 Å². The molecule has 0 aromatic heterocycles. The second-order valence-electron chi connectivity index (χ2n) is 12.6. The van der Waals surface area contributed by atoms with Crippen molar-refractivity contribution in [2.75, 3.05) is 0 Å². The molecular weight excluding hydrogens is 396 g/mol. The monoisotopic (exact) mass is 463 g/mol. The van der Waals surface area contributed by atoms with Crippen molar-refractivity contribution >= 4 is 0 Å². The van der Waals surface area contributed by atoms with E-state index < -0.39 is 0 Å². The first-order valence-corrected chi connectivity index (χ1v) is 14.0. The van der Waals surface area contributed by atoms with E-state index in [1.54, 1.807) is 16.7 Å². The molecule has 0 N–H and O–H groups in total. The van der Waals surface area contributed by atoms with Gasteiger partial charge in [0.1, 0.15) is 0 Å². The zero-order valence-electron chi connectivity index (χ0n) is 26.9. The zero-order chi connectivity index (χ0) is 27.6. The van der Waals surface area contributed by atoms with Crippen LogP contribution in [-0.4, -0.2) is 0 Å². The molecule has 0 nitrogen and oxygen atoms in total. The fraction of sp³-hybridized carbons (Fsp3) is 0.818. The summed E-state index contributed by atoms with van der Waals surface area (Å²) in [7, 11) is 0. The van der Waals surface area contributed by atoms with Crippen LogP contribution in [0, 0.1) is 27.6 Å². The maximum Gasteiger partial charge on any atom is -0.0100 e. The van der Waals surface area contributed by atoms with Gasteiger partial charge in [-0.15, -0.1) is 0 Å². The van der Waals surface area contributed by atoms with Gasteiger partial charge >= 0.3 is 0 Å². The van der Waals surface area contributed by atoms with Crippen LogP contribution < -0.4 is 0 Å². The van der Waals surface area contributed by atoms with Crippen molar-refractivity contribution in [2.45, 2.75) is 151 Å². The van der Waals surface area contributed by atoms with Crippen LogP contribution in [0.2, 0.25) is 0 Å². The third-order valence-corrected chi connectivity index (χ3v) is 7.31. The molecule has 0 spiro atoms. The molecule has 0 aromatic rings. The lowest BCUT2D eigenvalue weighted by atomic mass is 9.60. The second kappa shape index (κ2) is 14.6. The van der Waals surface area contributed by atoms with Crippen molar-refractivity contribution in [1.29, 1.82) is 0 Å². The van der Waals surface area contributed by atoms with Crippen LogP contribution in [0.1, 0.15) is 151 Å². The van der Waals surface area contributed by atoms with E-state index in [-0.39, 0.29) is 21.7 Å². The van der Waals surface area contributed by atoms with Crippen LogP contribution in [0.5, 0.6) is 0 Å². The van der Waals surface area contributed by atoms with Gasteiger partial charge in [0.15, 0.2) is 0 Å². The maximum atomic E-state index is 4.74. The highest BCUT2D eigenvalue weighted by Gasteiger charge is 2.40. The van der Waals surface area contributed by atoms with Crippen LogP contribution in [0.15, 0.2) is 34.4 Å². The maximum absolute atomic E-state index is 4.74. The normalized spacial score (nSPS) is 15.2. The van der Waals surface area contributed by atoms with Gasteiger partial charge in [-0.1, -0.05) is 137 Å². The number of rotatable bonds is 8. The fourth-order valence-corrected chi connectivity index (χ4v) is 4.23. The molecule has 0 fully saturated rings. The van der Waals surface area contributed by atoms with Gasteiger partial charge in [0.25, 0.3) is 0 Å². The van der Waals surface area contributed by atoms with Gasteiger partial charge in [-0.25, -0.2) is 0 Å². The molecule has 0 aliphatic rings. The van der Waals surface area contributed by atoms with Gasteiger partial charge in [-0.3, -0.25) is 0 Å². The lowest BCUT2D eigenvalue weighted by molar-refractivity contribution is 0.359. The third kappa shape index (κ3) is 10.2. The summed E-state index contributed by atoms with van der Waals surface area (Å²) in [5.41, 5.74) is 7.80. The summed E-state index contributed by atoms with van der Waals surface area (Å²) in [5, 5.41) is 0. The van der Waals surface area contributed by atoms with Crippen LogP contribution >= 0.6 is 0 Å². The topological polar surface area (TPSA) is 0 Å². The molecule has 1 unspecified atom stereocenters. The second-order valence-corrected chi connectivity index (χ2v) is 12.6.